The van der Waals surface area contributed by atoms with Crippen LogP contribution >= 0.6 is 0 Å². The zero-order chi connectivity index (χ0) is 15.1. The van der Waals surface area contributed by atoms with Crippen molar-refractivity contribution in [1.29, 1.82) is 0 Å². The number of hydrogen-bond acceptors (Lipinski definition) is 1. The molecule has 116 valence electrons. The van der Waals surface area contributed by atoms with Gasteiger partial charge in [-0.3, -0.25) is 0 Å². The molecule has 0 atom stereocenters. The minimum atomic E-state index is 0.701. The van der Waals surface area contributed by atoms with Crippen LogP contribution in [0.25, 0.3) is 10.9 Å². The number of fused-ring (bicyclic) bond motifs is 1. The Kier molecular flexibility index (Phi) is 6.31. The topological polar surface area (TPSA) is 17.0 Å². The first-order valence-corrected chi connectivity index (χ1v) is 8.49. The Bertz CT molecular complexity index is 539. The van der Waals surface area contributed by atoms with Crippen LogP contribution in [0.2, 0.25) is 0 Å². The van der Waals surface area contributed by atoms with Crippen molar-refractivity contribution >= 4 is 10.9 Å². The van der Waals surface area contributed by atoms with Crippen LogP contribution in [-0.2, 0) is 13.1 Å². The highest BCUT2D eigenvalue weighted by Crippen LogP contribution is 2.21. The summed E-state index contributed by atoms with van der Waals surface area (Å²) in [6.45, 7) is 9.96. The number of nitrogens with one attached hydrogen (secondary N) is 1. The fourth-order valence-corrected chi connectivity index (χ4v) is 2.84. The Morgan fingerprint density at radius 3 is 2.71 bits per heavy atom. The van der Waals surface area contributed by atoms with E-state index in [9.17, 15) is 0 Å². The molecule has 0 radical (unpaired) electrons. The summed E-state index contributed by atoms with van der Waals surface area (Å²) in [7, 11) is 0. The number of rotatable bonds is 9. The average Bonchev–Trinajstić information content (AvgIpc) is 2.87. The van der Waals surface area contributed by atoms with Crippen LogP contribution in [0.15, 0.2) is 30.5 Å². The molecule has 0 aliphatic heterocycles. The minimum absolute atomic E-state index is 0.701. The van der Waals surface area contributed by atoms with Crippen LogP contribution in [0.1, 0.15) is 52.0 Å². The number of nitrogens with zero attached hydrogens (tertiary/aromatic N) is 1. The van der Waals surface area contributed by atoms with Crippen LogP contribution in [0.4, 0.5) is 0 Å². The number of aromatic nitrogens is 1. The Morgan fingerprint density at radius 1 is 1.10 bits per heavy atom. The number of aryl methyl sites for hydroxylation is 1. The Hall–Kier alpha value is -1.28. The summed E-state index contributed by atoms with van der Waals surface area (Å²) in [6, 6.07) is 8.97. The standard InChI is InChI=1S/C19H30N2/c1-4-5-6-7-12-21-13-11-18-17(9-8-10-19(18)21)15-20-14-16(2)3/h8-11,13,16,20H,4-7,12,14-15H2,1-3H3. The Balaban J connectivity index is 2.02. The van der Waals surface area contributed by atoms with E-state index in [0.717, 1.165) is 19.6 Å². The van der Waals surface area contributed by atoms with E-state index in [-0.39, 0.29) is 0 Å². The summed E-state index contributed by atoms with van der Waals surface area (Å²) < 4.78 is 2.41. The lowest BCUT2D eigenvalue weighted by Gasteiger charge is -2.10. The lowest BCUT2D eigenvalue weighted by molar-refractivity contribution is 0.553. The molecule has 2 heteroatoms. The molecule has 0 saturated carbocycles. The van der Waals surface area contributed by atoms with E-state index >= 15 is 0 Å². The third-order valence-corrected chi connectivity index (χ3v) is 4.02. The van der Waals surface area contributed by atoms with Crippen molar-refractivity contribution in [2.75, 3.05) is 6.54 Å². The third kappa shape index (κ3) is 4.60. The molecular weight excluding hydrogens is 256 g/mol. The van der Waals surface area contributed by atoms with Gasteiger partial charge in [-0.05, 0) is 36.6 Å². The van der Waals surface area contributed by atoms with Crippen LogP contribution in [-0.4, -0.2) is 11.1 Å². The first kappa shape index (κ1) is 16.1. The van der Waals surface area contributed by atoms with Gasteiger partial charge in [0, 0.05) is 30.2 Å². The maximum atomic E-state index is 3.55. The molecular formula is C19H30N2. The minimum Gasteiger partial charge on any atom is -0.347 e. The van der Waals surface area contributed by atoms with Gasteiger partial charge in [-0.25, -0.2) is 0 Å². The second-order valence-corrected chi connectivity index (χ2v) is 6.44. The van der Waals surface area contributed by atoms with E-state index in [1.165, 1.54) is 42.1 Å². The van der Waals surface area contributed by atoms with Gasteiger partial charge >= 0.3 is 0 Å². The smallest absolute Gasteiger partial charge is 0.0483 e. The van der Waals surface area contributed by atoms with Gasteiger partial charge in [-0.1, -0.05) is 52.2 Å². The summed E-state index contributed by atoms with van der Waals surface area (Å²) in [5.41, 5.74) is 2.80. The summed E-state index contributed by atoms with van der Waals surface area (Å²) in [6.07, 6.45) is 7.53. The molecule has 2 nitrogen and oxygen atoms in total. The third-order valence-electron chi connectivity index (χ3n) is 4.02. The highest BCUT2D eigenvalue weighted by Gasteiger charge is 2.05. The lowest BCUT2D eigenvalue weighted by atomic mass is 10.1. The summed E-state index contributed by atoms with van der Waals surface area (Å²) in [4.78, 5) is 0. The molecule has 21 heavy (non-hydrogen) atoms. The molecule has 2 aromatic rings. The van der Waals surface area contributed by atoms with Crippen molar-refractivity contribution in [3.05, 3.63) is 36.0 Å². The highest BCUT2D eigenvalue weighted by molar-refractivity contribution is 5.83. The predicted octanol–water partition coefficient (Wildman–Crippen LogP) is 4.97. The van der Waals surface area contributed by atoms with E-state index in [1.807, 2.05) is 0 Å². The zero-order valence-electron chi connectivity index (χ0n) is 13.9. The SMILES string of the molecule is CCCCCCn1ccc2c(CNCC(C)C)cccc21. The van der Waals surface area contributed by atoms with Crippen molar-refractivity contribution in [2.24, 2.45) is 5.92 Å². The van der Waals surface area contributed by atoms with Gasteiger partial charge in [0.05, 0.1) is 0 Å². The molecule has 0 saturated heterocycles. The van der Waals surface area contributed by atoms with Crippen molar-refractivity contribution < 1.29 is 0 Å². The second kappa shape index (κ2) is 8.23. The van der Waals surface area contributed by atoms with Crippen LogP contribution in [0.3, 0.4) is 0 Å². The van der Waals surface area contributed by atoms with Crippen LogP contribution in [0, 0.1) is 5.92 Å². The van der Waals surface area contributed by atoms with Crippen molar-refractivity contribution in [3.8, 4) is 0 Å². The monoisotopic (exact) mass is 286 g/mol. The molecule has 1 N–H and O–H groups in total. The average molecular weight is 286 g/mol. The van der Waals surface area contributed by atoms with Gasteiger partial charge in [0.1, 0.15) is 0 Å². The number of unbranched alkanes of at least 4 members (excludes halogenated alkanes) is 3. The van der Waals surface area contributed by atoms with Crippen LogP contribution in [0.5, 0.6) is 0 Å². The first-order valence-electron chi connectivity index (χ1n) is 8.49. The predicted molar refractivity (Wildman–Crippen MR) is 92.6 cm³/mol. The van der Waals surface area contributed by atoms with Gasteiger partial charge in [0.2, 0.25) is 0 Å². The maximum Gasteiger partial charge on any atom is 0.0483 e. The van der Waals surface area contributed by atoms with Gasteiger partial charge in [-0.2, -0.15) is 0 Å². The van der Waals surface area contributed by atoms with E-state index in [4.69, 9.17) is 0 Å². The Labute approximate surface area is 129 Å². The van der Waals surface area contributed by atoms with Crippen molar-refractivity contribution in [3.63, 3.8) is 0 Å². The van der Waals surface area contributed by atoms with Crippen LogP contribution < -0.4 is 5.32 Å². The largest absolute Gasteiger partial charge is 0.347 e. The van der Waals surface area contributed by atoms with Gasteiger partial charge in [0.25, 0.3) is 0 Å². The van der Waals surface area contributed by atoms with Crippen molar-refractivity contribution in [1.82, 2.24) is 9.88 Å². The molecule has 1 heterocycles. The van der Waals surface area contributed by atoms with E-state index in [0.29, 0.717) is 5.92 Å². The fourth-order valence-electron chi connectivity index (χ4n) is 2.84. The van der Waals surface area contributed by atoms with E-state index in [1.54, 1.807) is 0 Å². The molecule has 0 amide bonds. The number of hydrogen-bond donors (Lipinski definition) is 1. The molecule has 1 aromatic carbocycles. The van der Waals surface area contributed by atoms with E-state index in [2.05, 4.69) is 61.1 Å². The van der Waals surface area contributed by atoms with Gasteiger partial charge < -0.3 is 9.88 Å². The highest BCUT2D eigenvalue weighted by atomic mass is 14.9. The lowest BCUT2D eigenvalue weighted by Crippen LogP contribution is -2.19. The normalized spacial score (nSPS) is 11.6. The molecule has 0 unspecified atom stereocenters. The van der Waals surface area contributed by atoms with E-state index < -0.39 is 0 Å². The molecule has 0 aliphatic carbocycles. The van der Waals surface area contributed by atoms with Gasteiger partial charge in [0.15, 0.2) is 0 Å². The summed E-state index contributed by atoms with van der Waals surface area (Å²) in [5, 5.41) is 4.96. The van der Waals surface area contributed by atoms with Gasteiger partial charge in [-0.15, -0.1) is 0 Å². The Morgan fingerprint density at radius 2 is 1.95 bits per heavy atom. The first-order chi connectivity index (χ1) is 10.2. The summed E-state index contributed by atoms with van der Waals surface area (Å²) >= 11 is 0. The maximum absolute atomic E-state index is 3.55. The quantitative estimate of drug-likeness (QED) is 0.644. The second-order valence-electron chi connectivity index (χ2n) is 6.44. The number of benzene rings is 1. The van der Waals surface area contributed by atoms with Crippen molar-refractivity contribution in [2.45, 2.75) is 59.5 Å². The molecule has 2 rings (SSSR count). The molecule has 1 aromatic heterocycles. The summed E-state index contributed by atoms with van der Waals surface area (Å²) in [5.74, 6) is 0.701. The molecule has 0 fully saturated rings. The molecule has 0 spiro atoms. The zero-order valence-corrected chi connectivity index (χ0v) is 13.9. The molecule has 0 bridgehead atoms. The molecule has 0 aliphatic rings. The fraction of sp³-hybridized carbons (Fsp3) is 0.579.